The number of aromatic amines is 2. The lowest BCUT2D eigenvalue weighted by molar-refractivity contribution is 1.10. The standard InChI is InChI=1S/C24H17N5S/c1-2-4-20-18(17(3-1)16-7-10-30-14-16)11-22(27-20)24-19-12-21(15-5-8-25-9-6-15)26-13-23(19)28-29-24/h1-3,5-14,27H,4H2,(H,28,29). The predicted octanol–water partition coefficient (Wildman–Crippen LogP) is 5.62. The van der Waals surface area contributed by atoms with Crippen LogP contribution in [-0.2, 0) is 6.42 Å². The summed E-state index contributed by atoms with van der Waals surface area (Å²) in [5, 5.41) is 13.1. The molecule has 5 aromatic rings. The fraction of sp³-hybridized carbons (Fsp3) is 0.0417. The highest BCUT2D eigenvalue weighted by Crippen LogP contribution is 2.35. The van der Waals surface area contributed by atoms with Crippen LogP contribution >= 0.6 is 11.3 Å². The van der Waals surface area contributed by atoms with Crippen LogP contribution in [0.4, 0.5) is 0 Å². The van der Waals surface area contributed by atoms with Crippen LogP contribution in [0.2, 0.25) is 0 Å². The van der Waals surface area contributed by atoms with E-state index in [1.54, 1.807) is 23.7 Å². The summed E-state index contributed by atoms with van der Waals surface area (Å²) in [7, 11) is 0. The Balaban J connectivity index is 1.48. The number of aromatic nitrogens is 5. The molecular formula is C24H17N5S. The van der Waals surface area contributed by atoms with Gasteiger partial charge in [-0.15, -0.1) is 0 Å². The third-order valence-electron chi connectivity index (χ3n) is 5.42. The van der Waals surface area contributed by atoms with Gasteiger partial charge in [-0.2, -0.15) is 16.4 Å². The number of fused-ring (bicyclic) bond motifs is 2. The van der Waals surface area contributed by atoms with Gasteiger partial charge in [-0.05, 0) is 52.2 Å². The average Bonchev–Trinajstić information content (AvgIpc) is 3.52. The van der Waals surface area contributed by atoms with E-state index in [1.807, 2.05) is 18.3 Å². The van der Waals surface area contributed by atoms with Gasteiger partial charge in [-0.25, -0.2) is 0 Å². The molecule has 0 unspecified atom stereocenters. The first-order valence-corrected chi connectivity index (χ1v) is 10.7. The molecule has 30 heavy (non-hydrogen) atoms. The molecule has 0 aliphatic heterocycles. The molecule has 0 atom stereocenters. The molecular weight excluding hydrogens is 390 g/mol. The maximum absolute atomic E-state index is 4.61. The molecule has 0 saturated heterocycles. The summed E-state index contributed by atoms with van der Waals surface area (Å²) in [4.78, 5) is 12.3. The maximum atomic E-state index is 4.61. The van der Waals surface area contributed by atoms with E-state index in [1.165, 1.54) is 22.4 Å². The summed E-state index contributed by atoms with van der Waals surface area (Å²) in [6, 6.07) is 10.4. The lowest BCUT2D eigenvalue weighted by Gasteiger charge is -2.03. The minimum Gasteiger partial charge on any atom is -0.356 e. The van der Waals surface area contributed by atoms with E-state index in [9.17, 15) is 0 Å². The van der Waals surface area contributed by atoms with Crippen molar-refractivity contribution in [1.29, 1.82) is 0 Å². The largest absolute Gasteiger partial charge is 0.356 e. The van der Waals surface area contributed by atoms with Crippen molar-refractivity contribution in [2.45, 2.75) is 6.42 Å². The van der Waals surface area contributed by atoms with Gasteiger partial charge in [0.25, 0.3) is 0 Å². The number of allylic oxidation sites excluding steroid dienone is 3. The van der Waals surface area contributed by atoms with Gasteiger partial charge in [0.1, 0.15) is 5.69 Å². The monoisotopic (exact) mass is 407 g/mol. The molecule has 144 valence electrons. The van der Waals surface area contributed by atoms with Crippen molar-refractivity contribution < 1.29 is 0 Å². The minimum absolute atomic E-state index is 0.867. The van der Waals surface area contributed by atoms with E-state index in [4.69, 9.17) is 0 Å². The summed E-state index contributed by atoms with van der Waals surface area (Å²) in [6.45, 7) is 0. The Morgan fingerprint density at radius 3 is 2.83 bits per heavy atom. The van der Waals surface area contributed by atoms with E-state index >= 15 is 0 Å². The van der Waals surface area contributed by atoms with E-state index < -0.39 is 0 Å². The van der Waals surface area contributed by atoms with Gasteiger partial charge < -0.3 is 4.98 Å². The first-order valence-electron chi connectivity index (χ1n) is 9.73. The summed E-state index contributed by atoms with van der Waals surface area (Å²) in [5.74, 6) is 0. The van der Waals surface area contributed by atoms with Crippen molar-refractivity contribution in [3.8, 4) is 22.6 Å². The van der Waals surface area contributed by atoms with Gasteiger partial charge >= 0.3 is 0 Å². The van der Waals surface area contributed by atoms with Gasteiger partial charge in [-0.3, -0.25) is 15.1 Å². The molecule has 5 heterocycles. The van der Waals surface area contributed by atoms with Crippen LogP contribution < -0.4 is 0 Å². The second-order valence-electron chi connectivity index (χ2n) is 7.22. The molecule has 5 aromatic heterocycles. The molecule has 0 aromatic carbocycles. The summed E-state index contributed by atoms with van der Waals surface area (Å²) in [5.41, 5.74) is 9.69. The molecule has 2 N–H and O–H groups in total. The summed E-state index contributed by atoms with van der Waals surface area (Å²) < 4.78 is 0. The van der Waals surface area contributed by atoms with Crippen LogP contribution in [0, 0.1) is 0 Å². The molecule has 0 saturated carbocycles. The van der Waals surface area contributed by atoms with E-state index in [-0.39, 0.29) is 0 Å². The zero-order valence-corrected chi connectivity index (χ0v) is 16.8. The normalized spacial score (nSPS) is 13.3. The molecule has 0 bridgehead atoms. The predicted molar refractivity (Wildman–Crippen MR) is 121 cm³/mol. The average molecular weight is 408 g/mol. The number of thiophene rings is 1. The molecule has 1 aliphatic carbocycles. The van der Waals surface area contributed by atoms with Gasteiger partial charge in [0.05, 0.1) is 23.1 Å². The molecule has 6 rings (SSSR count). The fourth-order valence-corrected chi connectivity index (χ4v) is 4.59. The van der Waals surface area contributed by atoms with Crippen molar-refractivity contribution in [2.24, 2.45) is 0 Å². The fourth-order valence-electron chi connectivity index (χ4n) is 3.94. The number of hydrogen-bond acceptors (Lipinski definition) is 4. The van der Waals surface area contributed by atoms with Crippen LogP contribution in [0.1, 0.15) is 16.8 Å². The Kier molecular flexibility index (Phi) is 3.95. The van der Waals surface area contributed by atoms with E-state index in [0.29, 0.717) is 0 Å². The van der Waals surface area contributed by atoms with Crippen LogP contribution in [0.25, 0.3) is 39.1 Å². The lowest BCUT2D eigenvalue weighted by Crippen LogP contribution is -1.88. The van der Waals surface area contributed by atoms with Crippen LogP contribution in [-0.4, -0.2) is 25.1 Å². The second-order valence-corrected chi connectivity index (χ2v) is 8.00. The highest BCUT2D eigenvalue weighted by atomic mass is 32.1. The maximum Gasteiger partial charge on any atom is 0.116 e. The van der Waals surface area contributed by atoms with Crippen molar-refractivity contribution >= 4 is 27.8 Å². The lowest BCUT2D eigenvalue weighted by atomic mass is 10.00. The Morgan fingerprint density at radius 1 is 1.03 bits per heavy atom. The summed E-state index contributed by atoms with van der Waals surface area (Å²) >= 11 is 1.72. The zero-order chi connectivity index (χ0) is 19.9. The SMILES string of the molecule is C1=CCc2[nH]c(-c3n[nH]c4cnc(-c5ccncc5)cc34)cc2C(c2ccsc2)=C1. The number of nitrogens with one attached hydrogen (secondary N) is 2. The van der Waals surface area contributed by atoms with Crippen LogP contribution in [0.15, 0.2) is 77.9 Å². The second kappa shape index (κ2) is 6.93. The molecule has 0 fully saturated rings. The number of pyridine rings is 2. The number of hydrogen-bond donors (Lipinski definition) is 2. The van der Waals surface area contributed by atoms with Crippen molar-refractivity contribution in [3.63, 3.8) is 0 Å². The molecule has 0 amide bonds. The van der Waals surface area contributed by atoms with E-state index in [2.05, 4.69) is 72.3 Å². The molecule has 6 heteroatoms. The Hall–Kier alpha value is -3.77. The molecule has 0 radical (unpaired) electrons. The van der Waals surface area contributed by atoms with Crippen LogP contribution in [0.5, 0.6) is 0 Å². The molecule has 0 spiro atoms. The Bertz CT molecular complexity index is 1400. The third-order valence-corrected chi connectivity index (χ3v) is 6.10. The van der Waals surface area contributed by atoms with Crippen molar-refractivity contribution in [2.75, 3.05) is 0 Å². The van der Waals surface area contributed by atoms with Crippen molar-refractivity contribution in [1.82, 2.24) is 25.1 Å². The van der Waals surface area contributed by atoms with Gasteiger partial charge in [-0.1, -0.05) is 18.2 Å². The smallest absolute Gasteiger partial charge is 0.116 e. The third kappa shape index (κ3) is 2.81. The highest BCUT2D eigenvalue weighted by molar-refractivity contribution is 7.08. The van der Waals surface area contributed by atoms with Gasteiger partial charge in [0, 0.05) is 41.0 Å². The van der Waals surface area contributed by atoms with Crippen LogP contribution in [0.3, 0.4) is 0 Å². The minimum atomic E-state index is 0.867. The topological polar surface area (TPSA) is 70.2 Å². The zero-order valence-electron chi connectivity index (χ0n) is 16.0. The van der Waals surface area contributed by atoms with Gasteiger partial charge in [0.2, 0.25) is 0 Å². The molecule has 5 nitrogen and oxygen atoms in total. The van der Waals surface area contributed by atoms with Crippen molar-refractivity contribution in [3.05, 3.63) is 94.7 Å². The summed E-state index contributed by atoms with van der Waals surface area (Å²) in [6.07, 6.45) is 12.8. The van der Waals surface area contributed by atoms with Gasteiger partial charge in [0.15, 0.2) is 0 Å². The Morgan fingerprint density at radius 2 is 1.97 bits per heavy atom. The number of H-pyrrole nitrogens is 2. The number of rotatable bonds is 3. The Labute approximate surface area is 176 Å². The first kappa shape index (κ1) is 17.1. The van der Waals surface area contributed by atoms with E-state index in [0.717, 1.165) is 40.0 Å². The first-order chi connectivity index (χ1) is 14.9. The molecule has 1 aliphatic rings. The highest BCUT2D eigenvalue weighted by Gasteiger charge is 2.19. The number of nitrogens with zero attached hydrogens (tertiary/aromatic N) is 3. The quantitative estimate of drug-likeness (QED) is 0.408.